The number of halogens is 2. The lowest BCUT2D eigenvalue weighted by atomic mass is 10.0. The van der Waals surface area contributed by atoms with E-state index in [2.05, 4.69) is 10.3 Å². The summed E-state index contributed by atoms with van der Waals surface area (Å²) in [5, 5.41) is 2.50. The molecular weight excluding hydrogens is 310 g/mol. The molecule has 3 rings (SSSR count). The predicted octanol–water partition coefficient (Wildman–Crippen LogP) is 4.59. The number of amides is 1. The van der Waals surface area contributed by atoms with Gasteiger partial charge < -0.3 is 5.32 Å². The molecule has 24 heavy (non-hydrogen) atoms. The van der Waals surface area contributed by atoms with Gasteiger partial charge in [0.15, 0.2) is 0 Å². The number of benzene rings is 2. The fourth-order valence-electron chi connectivity index (χ4n) is 2.41. The van der Waals surface area contributed by atoms with Crippen molar-refractivity contribution in [3.05, 3.63) is 83.7 Å². The SMILES string of the molecule is Cc1ccncc1-c1ccc(NC(=O)c2c(F)cccc2F)cc1. The quantitative estimate of drug-likeness (QED) is 0.766. The van der Waals surface area contributed by atoms with Crippen LogP contribution in [-0.2, 0) is 0 Å². The van der Waals surface area contributed by atoms with Crippen molar-refractivity contribution >= 4 is 11.6 Å². The molecule has 0 unspecified atom stereocenters. The molecule has 3 nitrogen and oxygen atoms in total. The number of nitrogens with zero attached hydrogens (tertiary/aromatic N) is 1. The largest absolute Gasteiger partial charge is 0.322 e. The zero-order chi connectivity index (χ0) is 17.1. The first kappa shape index (κ1) is 15.8. The number of carbonyl (C=O) groups excluding carboxylic acids is 1. The number of pyridine rings is 1. The Morgan fingerprint density at radius 1 is 1.00 bits per heavy atom. The van der Waals surface area contributed by atoms with Crippen molar-refractivity contribution in [3.8, 4) is 11.1 Å². The second-order valence-electron chi connectivity index (χ2n) is 5.32. The number of rotatable bonds is 3. The summed E-state index contributed by atoms with van der Waals surface area (Å²) in [7, 11) is 0. The van der Waals surface area contributed by atoms with Gasteiger partial charge in [0.25, 0.3) is 5.91 Å². The fourth-order valence-corrected chi connectivity index (χ4v) is 2.41. The topological polar surface area (TPSA) is 42.0 Å². The number of carbonyl (C=O) groups is 1. The van der Waals surface area contributed by atoms with Gasteiger partial charge in [-0.3, -0.25) is 9.78 Å². The summed E-state index contributed by atoms with van der Waals surface area (Å²) in [6.07, 6.45) is 3.48. The van der Waals surface area contributed by atoms with Crippen molar-refractivity contribution in [2.24, 2.45) is 0 Å². The average Bonchev–Trinajstić information content (AvgIpc) is 2.56. The minimum Gasteiger partial charge on any atom is -0.322 e. The lowest BCUT2D eigenvalue weighted by molar-refractivity contribution is 0.101. The second kappa shape index (κ2) is 6.58. The first-order chi connectivity index (χ1) is 11.6. The van der Waals surface area contributed by atoms with E-state index >= 15 is 0 Å². The maximum atomic E-state index is 13.6. The van der Waals surface area contributed by atoms with Gasteiger partial charge >= 0.3 is 0 Å². The van der Waals surface area contributed by atoms with Crippen molar-refractivity contribution in [3.63, 3.8) is 0 Å². The summed E-state index contributed by atoms with van der Waals surface area (Å²) in [5.41, 5.74) is 2.86. The first-order valence-electron chi connectivity index (χ1n) is 7.32. The normalized spacial score (nSPS) is 10.5. The van der Waals surface area contributed by atoms with Gasteiger partial charge in [-0.05, 0) is 48.4 Å². The Balaban J connectivity index is 1.82. The Morgan fingerprint density at radius 2 is 1.67 bits per heavy atom. The Kier molecular flexibility index (Phi) is 4.33. The van der Waals surface area contributed by atoms with Crippen LogP contribution < -0.4 is 5.32 Å². The van der Waals surface area contributed by atoms with E-state index < -0.39 is 23.1 Å². The van der Waals surface area contributed by atoms with Gasteiger partial charge in [-0.2, -0.15) is 0 Å². The van der Waals surface area contributed by atoms with Crippen molar-refractivity contribution in [1.29, 1.82) is 0 Å². The summed E-state index contributed by atoms with van der Waals surface area (Å²) in [4.78, 5) is 16.2. The number of aryl methyl sites for hydroxylation is 1. The minimum atomic E-state index is -0.893. The van der Waals surface area contributed by atoms with Gasteiger partial charge in [0, 0.05) is 23.6 Å². The maximum Gasteiger partial charge on any atom is 0.261 e. The van der Waals surface area contributed by atoms with Gasteiger partial charge in [-0.15, -0.1) is 0 Å². The van der Waals surface area contributed by atoms with Crippen LogP contribution in [0.15, 0.2) is 60.9 Å². The molecule has 5 heteroatoms. The Morgan fingerprint density at radius 3 is 2.29 bits per heavy atom. The zero-order valence-electron chi connectivity index (χ0n) is 12.9. The lowest BCUT2D eigenvalue weighted by Gasteiger charge is -2.09. The Hall–Kier alpha value is -3.08. The monoisotopic (exact) mass is 324 g/mol. The van der Waals surface area contributed by atoms with Crippen LogP contribution in [0, 0.1) is 18.6 Å². The van der Waals surface area contributed by atoms with E-state index in [1.807, 2.05) is 25.1 Å². The molecule has 1 aromatic heterocycles. The Labute approximate surface area is 138 Å². The fraction of sp³-hybridized carbons (Fsp3) is 0.0526. The van der Waals surface area contributed by atoms with Gasteiger partial charge in [-0.1, -0.05) is 18.2 Å². The third-order valence-electron chi connectivity index (χ3n) is 3.68. The van der Waals surface area contributed by atoms with Crippen molar-refractivity contribution in [2.75, 3.05) is 5.32 Å². The van der Waals surface area contributed by atoms with Gasteiger partial charge in [-0.25, -0.2) is 8.78 Å². The maximum absolute atomic E-state index is 13.6. The highest BCUT2D eigenvalue weighted by molar-refractivity contribution is 6.04. The van der Waals surface area contributed by atoms with Crippen LogP contribution in [0.2, 0.25) is 0 Å². The summed E-state index contributed by atoms with van der Waals surface area (Å²) in [6, 6.07) is 12.2. The van der Waals surface area contributed by atoms with Crippen LogP contribution >= 0.6 is 0 Å². The first-order valence-corrected chi connectivity index (χ1v) is 7.32. The average molecular weight is 324 g/mol. The number of hydrogen-bond acceptors (Lipinski definition) is 2. The molecule has 1 amide bonds. The molecular formula is C19H14F2N2O. The molecule has 0 radical (unpaired) electrons. The highest BCUT2D eigenvalue weighted by atomic mass is 19.1. The van der Waals surface area contributed by atoms with Crippen LogP contribution in [0.25, 0.3) is 11.1 Å². The second-order valence-corrected chi connectivity index (χ2v) is 5.32. The third kappa shape index (κ3) is 3.15. The molecule has 0 spiro atoms. The van der Waals surface area contributed by atoms with E-state index in [4.69, 9.17) is 0 Å². The minimum absolute atomic E-state index is 0.452. The predicted molar refractivity (Wildman–Crippen MR) is 88.7 cm³/mol. The number of hydrogen-bond donors (Lipinski definition) is 1. The standard InChI is InChI=1S/C19H14F2N2O/c1-12-9-10-22-11-15(12)13-5-7-14(8-6-13)23-19(24)18-16(20)3-2-4-17(18)21/h2-11H,1H3,(H,23,24). The van der Waals surface area contributed by atoms with E-state index in [0.717, 1.165) is 28.8 Å². The third-order valence-corrected chi connectivity index (χ3v) is 3.68. The molecule has 1 heterocycles. The molecule has 0 bridgehead atoms. The van der Waals surface area contributed by atoms with E-state index in [1.54, 1.807) is 24.5 Å². The van der Waals surface area contributed by atoms with E-state index in [-0.39, 0.29) is 0 Å². The van der Waals surface area contributed by atoms with Gasteiger partial charge in [0.05, 0.1) is 0 Å². The lowest BCUT2D eigenvalue weighted by Crippen LogP contribution is -2.15. The molecule has 0 saturated carbocycles. The molecule has 3 aromatic rings. The molecule has 120 valence electrons. The molecule has 0 aliphatic rings. The van der Waals surface area contributed by atoms with Crippen molar-refractivity contribution < 1.29 is 13.6 Å². The number of nitrogens with one attached hydrogen (secondary N) is 1. The Bertz CT molecular complexity index is 872. The van der Waals surface area contributed by atoms with Crippen molar-refractivity contribution in [2.45, 2.75) is 6.92 Å². The highest BCUT2D eigenvalue weighted by Gasteiger charge is 2.17. The van der Waals surface area contributed by atoms with Crippen LogP contribution in [-0.4, -0.2) is 10.9 Å². The summed E-state index contributed by atoms with van der Waals surface area (Å²) in [6.45, 7) is 1.98. The highest BCUT2D eigenvalue weighted by Crippen LogP contribution is 2.24. The number of anilines is 1. The zero-order valence-corrected chi connectivity index (χ0v) is 12.9. The van der Waals surface area contributed by atoms with Gasteiger partial charge in [0.2, 0.25) is 0 Å². The smallest absolute Gasteiger partial charge is 0.261 e. The number of aromatic nitrogens is 1. The summed E-state index contributed by atoms with van der Waals surface area (Å²) < 4.78 is 27.3. The molecule has 1 N–H and O–H groups in total. The van der Waals surface area contributed by atoms with E-state index in [9.17, 15) is 13.6 Å². The van der Waals surface area contributed by atoms with E-state index in [0.29, 0.717) is 5.69 Å². The van der Waals surface area contributed by atoms with E-state index in [1.165, 1.54) is 6.07 Å². The van der Waals surface area contributed by atoms with Crippen LogP contribution in [0.1, 0.15) is 15.9 Å². The molecule has 0 aliphatic heterocycles. The summed E-state index contributed by atoms with van der Waals surface area (Å²) in [5.74, 6) is -2.61. The van der Waals surface area contributed by atoms with Crippen LogP contribution in [0.4, 0.5) is 14.5 Å². The molecule has 0 fully saturated rings. The summed E-state index contributed by atoms with van der Waals surface area (Å²) >= 11 is 0. The van der Waals surface area contributed by atoms with Crippen LogP contribution in [0.5, 0.6) is 0 Å². The van der Waals surface area contributed by atoms with Gasteiger partial charge in [0.1, 0.15) is 17.2 Å². The molecule has 0 aliphatic carbocycles. The van der Waals surface area contributed by atoms with Crippen LogP contribution in [0.3, 0.4) is 0 Å². The molecule has 0 saturated heterocycles. The molecule has 2 aromatic carbocycles. The molecule has 0 atom stereocenters. The van der Waals surface area contributed by atoms with Crippen molar-refractivity contribution in [1.82, 2.24) is 4.98 Å².